The number of nitrogens with one attached hydrogen (secondary N) is 1. The molecule has 0 amide bonds. The quantitative estimate of drug-likeness (QED) is 0.863. The summed E-state index contributed by atoms with van der Waals surface area (Å²) >= 11 is 0. The molecule has 0 aliphatic heterocycles. The van der Waals surface area contributed by atoms with Crippen LogP contribution < -0.4 is 10.5 Å². The van der Waals surface area contributed by atoms with Gasteiger partial charge in [0.1, 0.15) is 16.4 Å². The Kier molecular flexibility index (Phi) is 4.32. The largest absolute Gasteiger partial charge is 0.464 e. The molecule has 2 atom stereocenters. The van der Waals surface area contributed by atoms with E-state index in [2.05, 4.69) is 11.6 Å². The van der Waals surface area contributed by atoms with Gasteiger partial charge < -0.3 is 10.2 Å². The Bertz CT molecular complexity index is 536. The van der Waals surface area contributed by atoms with Gasteiger partial charge in [-0.25, -0.2) is 13.1 Å². The summed E-state index contributed by atoms with van der Waals surface area (Å²) in [6, 6.07) is 1.51. The number of furan rings is 1. The normalized spacial score (nSPS) is 23.9. The Morgan fingerprint density at radius 1 is 1.47 bits per heavy atom. The highest BCUT2D eigenvalue weighted by Crippen LogP contribution is 2.31. The molecule has 0 bridgehead atoms. The summed E-state index contributed by atoms with van der Waals surface area (Å²) in [7, 11) is -3.49. The van der Waals surface area contributed by atoms with Gasteiger partial charge in [0.25, 0.3) is 0 Å². The molecule has 1 heterocycles. The van der Waals surface area contributed by atoms with E-state index in [1.54, 1.807) is 6.92 Å². The van der Waals surface area contributed by atoms with E-state index in [-0.39, 0.29) is 11.4 Å². The van der Waals surface area contributed by atoms with E-state index in [9.17, 15) is 8.42 Å². The van der Waals surface area contributed by atoms with Crippen LogP contribution in [0.25, 0.3) is 0 Å². The number of hydrogen-bond donors (Lipinski definition) is 2. The van der Waals surface area contributed by atoms with Gasteiger partial charge in [-0.15, -0.1) is 0 Å². The zero-order chi connectivity index (χ0) is 14.0. The maximum atomic E-state index is 12.2. The summed E-state index contributed by atoms with van der Waals surface area (Å²) in [5.41, 5.74) is 5.46. The number of aryl methyl sites for hydroxylation is 1. The second-order valence-electron chi connectivity index (χ2n) is 5.36. The average Bonchev–Trinajstić information content (AvgIpc) is 2.93. The predicted molar refractivity (Wildman–Crippen MR) is 73.0 cm³/mol. The van der Waals surface area contributed by atoms with E-state index in [0.717, 1.165) is 6.42 Å². The average molecular weight is 286 g/mol. The molecule has 108 valence electrons. The van der Waals surface area contributed by atoms with Crippen molar-refractivity contribution < 1.29 is 12.8 Å². The summed E-state index contributed by atoms with van der Waals surface area (Å²) < 4.78 is 32.5. The van der Waals surface area contributed by atoms with Crippen molar-refractivity contribution in [2.24, 2.45) is 17.6 Å². The van der Waals surface area contributed by atoms with Crippen molar-refractivity contribution in [3.63, 3.8) is 0 Å². The molecule has 6 heteroatoms. The Labute approximate surface area is 114 Å². The molecule has 1 aromatic rings. The molecule has 1 aliphatic rings. The van der Waals surface area contributed by atoms with Crippen LogP contribution in [0.2, 0.25) is 0 Å². The monoisotopic (exact) mass is 286 g/mol. The van der Waals surface area contributed by atoms with Crippen molar-refractivity contribution in [2.75, 3.05) is 6.54 Å². The van der Waals surface area contributed by atoms with Gasteiger partial charge in [0.2, 0.25) is 10.0 Å². The minimum atomic E-state index is -3.49. The van der Waals surface area contributed by atoms with Crippen molar-refractivity contribution in [1.82, 2.24) is 4.72 Å². The lowest BCUT2D eigenvalue weighted by molar-refractivity contribution is 0.414. The van der Waals surface area contributed by atoms with Crippen molar-refractivity contribution in [1.29, 1.82) is 0 Å². The van der Waals surface area contributed by atoms with Crippen LogP contribution >= 0.6 is 0 Å². The summed E-state index contributed by atoms with van der Waals surface area (Å²) in [5, 5.41) is 0. The molecule has 19 heavy (non-hydrogen) atoms. The van der Waals surface area contributed by atoms with E-state index >= 15 is 0 Å². The zero-order valence-corrected chi connectivity index (χ0v) is 12.3. The van der Waals surface area contributed by atoms with Crippen molar-refractivity contribution in [2.45, 2.75) is 44.6 Å². The second-order valence-corrected chi connectivity index (χ2v) is 7.09. The van der Waals surface area contributed by atoms with E-state index < -0.39 is 10.0 Å². The van der Waals surface area contributed by atoms with Crippen LogP contribution in [0.1, 0.15) is 37.7 Å². The van der Waals surface area contributed by atoms with Crippen LogP contribution in [0.5, 0.6) is 0 Å². The molecule has 2 unspecified atom stereocenters. The summed E-state index contributed by atoms with van der Waals surface area (Å²) in [4.78, 5) is 0.207. The number of hydrogen-bond acceptors (Lipinski definition) is 4. The first-order chi connectivity index (χ1) is 8.94. The van der Waals surface area contributed by atoms with E-state index in [1.807, 2.05) is 0 Å². The highest BCUT2D eigenvalue weighted by Gasteiger charge is 2.27. The first kappa shape index (κ1) is 14.6. The molecule has 5 nitrogen and oxygen atoms in total. The van der Waals surface area contributed by atoms with Crippen molar-refractivity contribution in [3.05, 3.63) is 17.6 Å². The molecule has 3 N–H and O–H groups in total. The van der Waals surface area contributed by atoms with E-state index in [4.69, 9.17) is 10.2 Å². The smallest absolute Gasteiger partial charge is 0.244 e. The van der Waals surface area contributed by atoms with Gasteiger partial charge in [-0.1, -0.05) is 19.8 Å². The van der Waals surface area contributed by atoms with Crippen LogP contribution in [0.4, 0.5) is 0 Å². The zero-order valence-electron chi connectivity index (χ0n) is 11.5. The predicted octanol–water partition coefficient (Wildman–Crippen LogP) is 1.76. The molecule has 1 aliphatic carbocycles. The Morgan fingerprint density at radius 2 is 2.21 bits per heavy atom. The molecule has 0 radical (unpaired) electrons. The van der Waals surface area contributed by atoms with Gasteiger partial charge >= 0.3 is 0 Å². The minimum Gasteiger partial charge on any atom is -0.464 e. The van der Waals surface area contributed by atoms with Crippen LogP contribution in [0.3, 0.4) is 0 Å². The molecule has 2 rings (SSSR count). The maximum absolute atomic E-state index is 12.2. The van der Waals surface area contributed by atoms with Crippen LogP contribution in [-0.4, -0.2) is 15.0 Å². The fourth-order valence-corrected chi connectivity index (χ4v) is 4.01. The lowest BCUT2D eigenvalue weighted by Gasteiger charge is -2.15. The van der Waals surface area contributed by atoms with Crippen LogP contribution in [0, 0.1) is 18.8 Å². The van der Waals surface area contributed by atoms with Gasteiger partial charge in [0.15, 0.2) is 0 Å². The fraction of sp³-hybridized carbons (Fsp3) is 0.692. The molecule has 1 aromatic heterocycles. The Morgan fingerprint density at radius 3 is 2.74 bits per heavy atom. The lowest BCUT2D eigenvalue weighted by atomic mass is 9.99. The molecule has 0 spiro atoms. The third kappa shape index (κ3) is 3.19. The van der Waals surface area contributed by atoms with Gasteiger partial charge in [-0.2, -0.15) is 0 Å². The van der Waals surface area contributed by atoms with Gasteiger partial charge in [0.05, 0.1) is 6.54 Å². The fourth-order valence-electron chi connectivity index (χ4n) is 2.71. The number of nitrogens with two attached hydrogens (primary N) is 1. The van der Waals surface area contributed by atoms with Gasteiger partial charge in [-0.05, 0) is 25.2 Å². The third-order valence-corrected chi connectivity index (χ3v) is 5.52. The first-order valence-electron chi connectivity index (χ1n) is 6.73. The highest BCUT2D eigenvalue weighted by atomic mass is 32.2. The summed E-state index contributed by atoms with van der Waals surface area (Å²) in [5.74, 6) is 1.92. The standard InChI is InChI=1S/C13H22N2O3S/c1-9-4-3-5-11(9)8-15-19(16,17)13-6-12(7-14)18-10(13)2/h6,9,11,15H,3-5,7-8,14H2,1-2H3. The van der Waals surface area contributed by atoms with Crippen LogP contribution in [0.15, 0.2) is 15.4 Å². The molecule has 0 saturated heterocycles. The minimum absolute atomic E-state index is 0.204. The van der Waals surface area contributed by atoms with Crippen molar-refractivity contribution in [3.8, 4) is 0 Å². The molecular weight excluding hydrogens is 264 g/mol. The molecule has 1 saturated carbocycles. The number of sulfonamides is 1. The maximum Gasteiger partial charge on any atom is 0.244 e. The highest BCUT2D eigenvalue weighted by molar-refractivity contribution is 7.89. The Hall–Kier alpha value is -0.850. The lowest BCUT2D eigenvalue weighted by Crippen LogP contribution is -2.30. The second kappa shape index (κ2) is 5.64. The topological polar surface area (TPSA) is 85.3 Å². The van der Waals surface area contributed by atoms with Crippen molar-refractivity contribution >= 4 is 10.0 Å². The number of rotatable bonds is 5. The summed E-state index contributed by atoms with van der Waals surface area (Å²) in [6.45, 7) is 4.54. The Balaban J connectivity index is 2.07. The summed E-state index contributed by atoms with van der Waals surface area (Å²) in [6.07, 6.45) is 3.48. The van der Waals surface area contributed by atoms with E-state index in [1.165, 1.54) is 18.9 Å². The molecule has 0 aromatic carbocycles. The first-order valence-corrected chi connectivity index (χ1v) is 8.21. The van der Waals surface area contributed by atoms with Gasteiger partial charge in [-0.3, -0.25) is 0 Å². The van der Waals surface area contributed by atoms with E-state index in [0.29, 0.717) is 29.9 Å². The third-order valence-electron chi connectivity index (χ3n) is 3.99. The molecular formula is C13H22N2O3S. The SMILES string of the molecule is Cc1oc(CN)cc1S(=O)(=O)NCC1CCCC1C. The van der Waals surface area contributed by atoms with Crippen LogP contribution in [-0.2, 0) is 16.6 Å². The van der Waals surface area contributed by atoms with Gasteiger partial charge in [0, 0.05) is 12.6 Å². The molecule has 1 fully saturated rings.